The van der Waals surface area contributed by atoms with E-state index < -0.39 is 11.8 Å². The first kappa shape index (κ1) is 23.3. The fraction of sp³-hybridized carbons (Fsp3) is 0.417. The van der Waals surface area contributed by atoms with Crippen molar-refractivity contribution in [1.29, 1.82) is 0 Å². The lowest BCUT2D eigenvalue weighted by Gasteiger charge is -2.19. The molecule has 6 nitrogen and oxygen atoms in total. The van der Waals surface area contributed by atoms with E-state index in [0.717, 1.165) is 11.1 Å². The molecule has 30 heavy (non-hydrogen) atoms. The normalized spacial score (nSPS) is 11.2. The lowest BCUT2D eigenvalue weighted by Crippen LogP contribution is -2.45. The Morgan fingerprint density at radius 1 is 0.900 bits per heavy atom. The molecule has 0 atom stereocenters. The van der Waals surface area contributed by atoms with Gasteiger partial charge in [-0.3, -0.25) is 20.4 Å². The van der Waals surface area contributed by atoms with Crippen molar-refractivity contribution in [2.45, 2.75) is 52.9 Å². The minimum absolute atomic E-state index is 0.0522. The Bertz CT molecular complexity index is 868. The molecule has 0 fully saturated rings. The van der Waals surface area contributed by atoms with Gasteiger partial charge in [0.25, 0.3) is 11.8 Å². The molecule has 2 aromatic rings. The first-order chi connectivity index (χ1) is 14.1. The first-order valence-electron chi connectivity index (χ1n) is 10.1. The second-order valence-electron chi connectivity index (χ2n) is 8.64. The van der Waals surface area contributed by atoms with E-state index in [-0.39, 0.29) is 24.5 Å². The number of benzene rings is 2. The number of ether oxygens (including phenoxy) is 2. The third-order valence-corrected chi connectivity index (χ3v) is 4.58. The number of hydrogen-bond donors (Lipinski definition) is 2. The quantitative estimate of drug-likeness (QED) is 0.674. The SMILES string of the molecule is Cc1ccc(C(C)C)c(OCC(=O)NNC(=O)COc2ccc(C(C)(C)C)cc2)c1. The summed E-state index contributed by atoms with van der Waals surface area (Å²) in [7, 11) is 0. The van der Waals surface area contributed by atoms with Crippen molar-refractivity contribution < 1.29 is 19.1 Å². The lowest BCUT2D eigenvalue weighted by atomic mass is 9.87. The van der Waals surface area contributed by atoms with Crippen LogP contribution in [0.25, 0.3) is 0 Å². The Balaban J connectivity index is 1.76. The summed E-state index contributed by atoms with van der Waals surface area (Å²) in [6, 6.07) is 13.5. The highest BCUT2D eigenvalue weighted by Crippen LogP contribution is 2.27. The summed E-state index contributed by atoms with van der Waals surface area (Å²) in [6.07, 6.45) is 0. The Hall–Kier alpha value is -3.02. The number of hydrazine groups is 1. The predicted octanol–water partition coefficient (Wildman–Crippen LogP) is 4.02. The Morgan fingerprint density at radius 3 is 2.00 bits per heavy atom. The third kappa shape index (κ3) is 7.10. The van der Waals surface area contributed by atoms with E-state index >= 15 is 0 Å². The van der Waals surface area contributed by atoms with Crippen LogP contribution in [0.4, 0.5) is 0 Å². The van der Waals surface area contributed by atoms with Crippen molar-refractivity contribution >= 4 is 11.8 Å². The average Bonchev–Trinajstić information content (AvgIpc) is 2.68. The van der Waals surface area contributed by atoms with E-state index in [9.17, 15) is 9.59 Å². The predicted molar refractivity (Wildman–Crippen MR) is 118 cm³/mol. The molecule has 2 rings (SSSR count). The topological polar surface area (TPSA) is 76.7 Å². The van der Waals surface area contributed by atoms with E-state index in [4.69, 9.17) is 9.47 Å². The summed E-state index contributed by atoms with van der Waals surface area (Å²) < 4.78 is 11.1. The molecule has 0 saturated heterocycles. The number of amides is 2. The fourth-order valence-corrected chi connectivity index (χ4v) is 2.80. The molecule has 162 valence electrons. The summed E-state index contributed by atoms with van der Waals surface area (Å²) in [5.74, 6) is 0.635. The molecule has 0 aromatic heterocycles. The molecule has 0 radical (unpaired) electrons. The molecule has 0 aliphatic rings. The van der Waals surface area contributed by atoms with Crippen LogP contribution in [-0.4, -0.2) is 25.0 Å². The molecule has 0 heterocycles. The molecule has 2 aromatic carbocycles. The van der Waals surface area contributed by atoms with Gasteiger partial charge in [-0.25, -0.2) is 0 Å². The summed E-state index contributed by atoms with van der Waals surface area (Å²) >= 11 is 0. The van der Waals surface area contributed by atoms with Crippen LogP contribution in [0.1, 0.15) is 57.2 Å². The van der Waals surface area contributed by atoms with Gasteiger partial charge in [0.15, 0.2) is 13.2 Å². The van der Waals surface area contributed by atoms with Gasteiger partial charge < -0.3 is 9.47 Å². The van der Waals surface area contributed by atoms with E-state index in [1.54, 1.807) is 0 Å². The van der Waals surface area contributed by atoms with Gasteiger partial charge in [0, 0.05) is 0 Å². The van der Waals surface area contributed by atoms with Crippen molar-refractivity contribution in [3.8, 4) is 11.5 Å². The van der Waals surface area contributed by atoms with Gasteiger partial charge in [-0.05, 0) is 53.1 Å². The summed E-state index contributed by atoms with van der Waals surface area (Å²) in [5.41, 5.74) is 7.98. The van der Waals surface area contributed by atoms with Crippen LogP contribution < -0.4 is 20.3 Å². The van der Waals surface area contributed by atoms with Crippen LogP contribution in [0.15, 0.2) is 42.5 Å². The summed E-state index contributed by atoms with van der Waals surface area (Å²) in [6.45, 7) is 12.1. The molecular weight excluding hydrogens is 380 g/mol. The molecule has 0 saturated carbocycles. The highest BCUT2D eigenvalue weighted by atomic mass is 16.5. The van der Waals surface area contributed by atoms with E-state index in [0.29, 0.717) is 11.5 Å². The van der Waals surface area contributed by atoms with Crippen LogP contribution >= 0.6 is 0 Å². The molecule has 0 aliphatic heterocycles. The number of carbonyl (C=O) groups is 2. The van der Waals surface area contributed by atoms with Crippen molar-refractivity contribution in [1.82, 2.24) is 10.9 Å². The molecule has 0 aliphatic carbocycles. The maximum atomic E-state index is 12.0. The Morgan fingerprint density at radius 2 is 1.47 bits per heavy atom. The molecule has 0 spiro atoms. The van der Waals surface area contributed by atoms with E-state index in [1.165, 1.54) is 5.56 Å². The first-order valence-corrected chi connectivity index (χ1v) is 10.1. The van der Waals surface area contributed by atoms with Crippen LogP contribution in [0, 0.1) is 6.92 Å². The largest absolute Gasteiger partial charge is 0.484 e. The Labute approximate surface area is 178 Å². The molecular formula is C24H32N2O4. The smallest absolute Gasteiger partial charge is 0.276 e. The number of hydrogen-bond acceptors (Lipinski definition) is 4. The maximum absolute atomic E-state index is 12.0. The number of nitrogens with one attached hydrogen (secondary N) is 2. The zero-order chi connectivity index (χ0) is 22.3. The van der Waals surface area contributed by atoms with Gasteiger partial charge in [0.05, 0.1) is 0 Å². The zero-order valence-corrected chi connectivity index (χ0v) is 18.7. The minimum atomic E-state index is -0.457. The van der Waals surface area contributed by atoms with Gasteiger partial charge in [-0.15, -0.1) is 0 Å². The second-order valence-corrected chi connectivity index (χ2v) is 8.64. The molecule has 2 amide bonds. The third-order valence-electron chi connectivity index (χ3n) is 4.58. The highest BCUT2D eigenvalue weighted by molar-refractivity contribution is 5.83. The summed E-state index contributed by atoms with van der Waals surface area (Å²) in [4.78, 5) is 23.9. The monoisotopic (exact) mass is 412 g/mol. The van der Waals surface area contributed by atoms with Gasteiger partial charge in [-0.1, -0.05) is 58.9 Å². The Kier molecular flexibility index (Phi) is 7.86. The second kappa shape index (κ2) is 10.1. The highest BCUT2D eigenvalue weighted by Gasteiger charge is 2.14. The standard InChI is InChI=1S/C24H32N2O4/c1-16(2)20-12-7-17(3)13-21(20)30-15-23(28)26-25-22(27)14-29-19-10-8-18(9-11-19)24(4,5)6/h7-13,16H,14-15H2,1-6H3,(H,25,27)(H,26,28). The van der Waals surface area contributed by atoms with Crippen molar-refractivity contribution in [2.75, 3.05) is 13.2 Å². The molecule has 2 N–H and O–H groups in total. The number of aryl methyl sites for hydroxylation is 1. The van der Waals surface area contributed by atoms with Gasteiger partial charge >= 0.3 is 0 Å². The number of rotatable bonds is 7. The zero-order valence-electron chi connectivity index (χ0n) is 18.7. The van der Waals surface area contributed by atoms with Crippen LogP contribution in [0.3, 0.4) is 0 Å². The van der Waals surface area contributed by atoms with Crippen LogP contribution in [0.2, 0.25) is 0 Å². The lowest BCUT2D eigenvalue weighted by molar-refractivity contribution is -0.131. The van der Waals surface area contributed by atoms with Crippen LogP contribution in [0.5, 0.6) is 11.5 Å². The summed E-state index contributed by atoms with van der Waals surface area (Å²) in [5, 5.41) is 0. The average molecular weight is 413 g/mol. The minimum Gasteiger partial charge on any atom is -0.484 e. The van der Waals surface area contributed by atoms with Gasteiger partial charge in [0.2, 0.25) is 0 Å². The maximum Gasteiger partial charge on any atom is 0.276 e. The molecule has 0 unspecified atom stereocenters. The molecule has 6 heteroatoms. The van der Waals surface area contributed by atoms with Gasteiger partial charge in [-0.2, -0.15) is 0 Å². The van der Waals surface area contributed by atoms with E-state index in [2.05, 4.69) is 45.5 Å². The van der Waals surface area contributed by atoms with Gasteiger partial charge in [0.1, 0.15) is 11.5 Å². The van der Waals surface area contributed by atoms with Crippen molar-refractivity contribution in [3.63, 3.8) is 0 Å². The van der Waals surface area contributed by atoms with E-state index in [1.807, 2.05) is 49.4 Å². The van der Waals surface area contributed by atoms with Crippen LogP contribution in [-0.2, 0) is 15.0 Å². The van der Waals surface area contributed by atoms with Crippen molar-refractivity contribution in [2.24, 2.45) is 0 Å². The fourth-order valence-electron chi connectivity index (χ4n) is 2.80. The van der Waals surface area contributed by atoms with Crippen molar-refractivity contribution in [3.05, 3.63) is 59.2 Å². The molecule has 0 bridgehead atoms. The number of carbonyl (C=O) groups excluding carboxylic acids is 2.